The number of carboxylic acids is 1. The monoisotopic (exact) mass is 305 g/mol. The SMILES string of the molecule is CCS(=O)CCNC(=O)NCc1nc(C(=O)O)cs1. The van der Waals surface area contributed by atoms with Crippen molar-refractivity contribution in [2.24, 2.45) is 0 Å². The van der Waals surface area contributed by atoms with E-state index in [0.29, 0.717) is 23.1 Å². The van der Waals surface area contributed by atoms with Gasteiger partial charge in [0.15, 0.2) is 5.69 Å². The number of carboxylic acid groups (broad SMARTS) is 1. The number of rotatable bonds is 7. The summed E-state index contributed by atoms with van der Waals surface area (Å²) in [5, 5.41) is 15.7. The number of aromatic nitrogens is 1. The number of carbonyl (C=O) groups is 2. The molecule has 9 heteroatoms. The number of amides is 2. The zero-order chi connectivity index (χ0) is 14.3. The Morgan fingerprint density at radius 3 is 2.79 bits per heavy atom. The second-order valence-electron chi connectivity index (χ2n) is 3.47. The van der Waals surface area contributed by atoms with Crippen LogP contribution in [0.15, 0.2) is 5.38 Å². The molecule has 2 amide bonds. The van der Waals surface area contributed by atoms with Gasteiger partial charge in [0.2, 0.25) is 0 Å². The highest BCUT2D eigenvalue weighted by atomic mass is 32.2. The van der Waals surface area contributed by atoms with E-state index in [0.717, 1.165) is 0 Å². The minimum Gasteiger partial charge on any atom is -0.476 e. The summed E-state index contributed by atoms with van der Waals surface area (Å²) in [6.07, 6.45) is 0. The third-order valence-electron chi connectivity index (χ3n) is 2.11. The second-order valence-corrected chi connectivity index (χ2v) is 6.28. The normalized spacial score (nSPS) is 11.8. The summed E-state index contributed by atoms with van der Waals surface area (Å²) in [5.41, 5.74) is -0.0273. The van der Waals surface area contributed by atoms with Crippen LogP contribution in [0.1, 0.15) is 22.4 Å². The van der Waals surface area contributed by atoms with E-state index in [-0.39, 0.29) is 18.3 Å². The maximum Gasteiger partial charge on any atom is 0.355 e. The van der Waals surface area contributed by atoms with E-state index < -0.39 is 16.8 Å². The number of carbonyl (C=O) groups excluding carboxylic acids is 1. The quantitative estimate of drug-likeness (QED) is 0.676. The van der Waals surface area contributed by atoms with Gasteiger partial charge in [-0.1, -0.05) is 6.92 Å². The lowest BCUT2D eigenvalue weighted by Crippen LogP contribution is -2.37. The van der Waals surface area contributed by atoms with Crippen LogP contribution in [0.25, 0.3) is 0 Å². The predicted molar refractivity (Wildman–Crippen MR) is 72.9 cm³/mol. The number of nitrogens with one attached hydrogen (secondary N) is 2. The summed E-state index contributed by atoms with van der Waals surface area (Å²) in [6.45, 7) is 2.32. The first-order chi connectivity index (χ1) is 9.02. The van der Waals surface area contributed by atoms with Gasteiger partial charge in [0.25, 0.3) is 0 Å². The van der Waals surface area contributed by atoms with Gasteiger partial charge in [-0.3, -0.25) is 4.21 Å². The Bertz CT molecular complexity index is 475. The average molecular weight is 305 g/mol. The molecule has 106 valence electrons. The highest BCUT2D eigenvalue weighted by Crippen LogP contribution is 2.08. The molecule has 1 aromatic heterocycles. The first-order valence-corrected chi connectivity index (χ1v) is 7.94. The molecule has 1 heterocycles. The van der Waals surface area contributed by atoms with E-state index in [1.165, 1.54) is 16.7 Å². The molecule has 1 aromatic rings. The molecule has 0 spiro atoms. The first kappa shape index (κ1) is 15.6. The third-order valence-corrected chi connectivity index (χ3v) is 4.26. The van der Waals surface area contributed by atoms with Crippen LogP contribution in [-0.4, -0.2) is 44.4 Å². The summed E-state index contributed by atoms with van der Waals surface area (Å²) in [7, 11) is -0.903. The number of hydrogen-bond donors (Lipinski definition) is 3. The Kier molecular flexibility index (Phi) is 6.43. The number of nitrogens with zero attached hydrogens (tertiary/aromatic N) is 1. The molecular formula is C10H15N3O4S2. The van der Waals surface area contributed by atoms with Crippen molar-refractivity contribution >= 4 is 34.1 Å². The summed E-state index contributed by atoms with van der Waals surface area (Å²) < 4.78 is 11.1. The Balaban J connectivity index is 2.26. The number of hydrogen-bond acceptors (Lipinski definition) is 5. The van der Waals surface area contributed by atoms with Crippen molar-refractivity contribution < 1.29 is 18.9 Å². The lowest BCUT2D eigenvalue weighted by Gasteiger charge is -2.05. The molecule has 19 heavy (non-hydrogen) atoms. The maximum atomic E-state index is 11.4. The Labute approximate surface area is 116 Å². The molecule has 0 saturated carbocycles. The topological polar surface area (TPSA) is 108 Å². The van der Waals surface area contributed by atoms with Crippen LogP contribution in [0.2, 0.25) is 0 Å². The summed E-state index contributed by atoms with van der Waals surface area (Å²) in [4.78, 5) is 25.8. The molecule has 3 N–H and O–H groups in total. The molecule has 1 atom stereocenters. The van der Waals surface area contributed by atoms with Gasteiger partial charge in [-0.05, 0) is 0 Å². The van der Waals surface area contributed by atoms with Gasteiger partial charge in [-0.15, -0.1) is 11.3 Å². The zero-order valence-electron chi connectivity index (χ0n) is 10.3. The molecule has 0 aliphatic carbocycles. The Morgan fingerprint density at radius 1 is 1.47 bits per heavy atom. The standard InChI is InChI=1S/C10H15N3O4S2/c1-2-19(17)4-3-11-10(16)12-5-8-13-7(6-18-8)9(14)15/h6H,2-5H2,1H3,(H,14,15)(H2,11,12,16). The van der Waals surface area contributed by atoms with Crippen LogP contribution in [-0.2, 0) is 17.3 Å². The van der Waals surface area contributed by atoms with Crippen LogP contribution in [0.5, 0.6) is 0 Å². The van der Waals surface area contributed by atoms with E-state index in [1.807, 2.05) is 6.92 Å². The molecule has 0 saturated heterocycles. The minimum atomic E-state index is -1.09. The molecule has 1 unspecified atom stereocenters. The lowest BCUT2D eigenvalue weighted by atomic mass is 10.5. The molecule has 0 radical (unpaired) electrons. The van der Waals surface area contributed by atoms with Crippen LogP contribution in [0.3, 0.4) is 0 Å². The van der Waals surface area contributed by atoms with Gasteiger partial charge in [0.05, 0.1) is 6.54 Å². The van der Waals surface area contributed by atoms with E-state index in [9.17, 15) is 13.8 Å². The third kappa shape index (κ3) is 5.79. The molecule has 0 bridgehead atoms. The van der Waals surface area contributed by atoms with Gasteiger partial charge in [0, 0.05) is 34.2 Å². The van der Waals surface area contributed by atoms with Gasteiger partial charge < -0.3 is 15.7 Å². The van der Waals surface area contributed by atoms with Gasteiger partial charge in [-0.2, -0.15) is 0 Å². The van der Waals surface area contributed by atoms with E-state index in [4.69, 9.17) is 5.11 Å². The fourth-order valence-corrected chi connectivity index (χ4v) is 2.46. The summed E-state index contributed by atoms with van der Waals surface area (Å²) in [5.74, 6) is -0.0981. The van der Waals surface area contributed by atoms with Gasteiger partial charge >= 0.3 is 12.0 Å². The fourth-order valence-electron chi connectivity index (χ4n) is 1.13. The molecule has 1 rings (SSSR count). The summed E-state index contributed by atoms with van der Waals surface area (Å²) >= 11 is 1.17. The van der Waals surface area contributed by atoms with Gasteiger partial charge in [0.1, 0.15) is 5.01 Å². The Morgan fingerprint density at radius 2 is 2.21 bits per heavy atom. The van der Waals surface area contributed by atoms with Crippen molar-refractivity contribution in [1.82, 2.24) is 15.6 Å². The molecule has 0 aromatic carbocycles. The zero-order valence-corrected chi connectivity index (χ0v) is 12.0. The van der Waals surface area contributed by atoms with Crippen molar-refractivity contribution in [3.63, 3.8) is 0 Å². The highest BCUT2D eigenvalue weighted by molar-refractivity contribution is 7.84. The van der Waals surface area contributed by atoms with Crippen LogP contribution >= 0.6 is 11.3 Å². The van der Waals surface area contributed by atoms with Crippen LogP contribution in [0.4, 0.5) is 4.79 Å². The molecule has 0 fully saturated rings. The van der Waals surface area contributed by atoms with Gasteiger partial charge in [-0.25, -0.2) is 14.6 Å². The van der Waals surface area contributed by atoms with E-state index in [2.05, 4.69) is 15.6 Å². The first-order valence-electron chi connectivity index (χ1n) is 5.57. The Hall–Kier alpha value is -1.48. The molecule has 0 aliphatic heterocycles. The van der Waals surface area contributed by atoms with E-state index >= 15 is 0 Å². The van der Waals surface area contributed by atoms with Crippen molar-refractivity contribution in [3.05, 3.63) is 16.1 Å². The number of thiazole rings is 1. The van der Waals surface area contributed by atoms with E-state index in [1.54, 1.807) is 0 Å². The molecule has 7 nitrogen and oxygen atoms in total. The van der Waals surface area contributed by atoms with Crippen molar-refractivity contribution in [2.45, 2.75) is 13.5 Å². The molecular weight excluding hydrogens is 290 g/mol. The molecule has 0 aliphatic rings. The largest absolute Gasteiger partial charge is 0.476 e. The van der Waals surface area contributed by atoms with Crippen molar-refractivity contribution in [1.29, 1.82) is 0 Å². The fraction of sp³-hybridized carbons (Fsp3) is 0.500. The average Bonchev–Trinajstić information content (AvgIpc) is 2.85. The predicted octanol–water partition coefficient (Wildman–Crippen LogP) is 0.409. The highest BCUT2D eigenvalue weighted by Gasteiger charge is 2.09. The van der Waals surface area contributed by atoms with Crippen LogP contribution in [0, 0.1) is 0 Å². The van der Waals surface area contributed by atoms with Crippen LogP contribution < -0.4 is 10.6 Å². The maximum absolute atomic E-state index is 11.4. The van der Waals surface area contributed by atoms with Crippen molar-refractivity contribution in [2.75, 3.05) is 18.1 Å². The smallest absolute Gasteiger partial charge is 0.355 e. The minimum absolute atomic E-state index is 0.0273. The van der Waals surface area contributed by atoms with Crippen molar-refractivity contribution in [3.8, 4) is 0 Å². The summed E-state index contributed by atoms with van der Waals surface area (Å²) in [6, 6.07) is -0.389. The number of urea groups is 1. The second kappa shape index (κ2) is 7.85. The number of aromatic carboxylic acids is 1. The lowest BCUT2D eigenvalue weighted by molar-refractivity contribution is 0.0691.